The molecule has 0 N–H and O–H groups in total. The van der Waals surface area contributed by atoms with Crippen LogP contribution in [0.5, 0.6) is 0 Å². The van der Waals surface area contributed by atoms with Crippen LogP contribution in [0.3, 0.4) is 0 Å². The maximum absolute atomic E-state index is 13.4. The summed E-state index contributed by atoms with van der Waals surface area (Å²) in [4.78, 5) is 46.4. The Labute approximate surface area is 210 Å². The monoisotopic (exact) mass is 498 g/mol. The van der Waals surface area contributed by atoms with Crippen molar-refractivity contribution < 1.29 is 14.5 Å². The Morgan fingerprint density at radius 3 is 2.78 bits per heavy atom. The van der Waals surface area contributed by atoms with Gasteiger partial charge in [-0.3, -0.25) is 24.1 Å². The topological polar surface area (TPSA) is 145 Å². The Morgan fingerprint density at radius 1 is 1.27 bits per heavy atom. The minimum absolute atomic E-state index is 0.00645. The normalized spacial score (nSPS) is 15.8. The van der Waals surface area contributed by atoms with E-state index in [0.29, 0.717) is 17.8 Å². The molecular formula is C26H22N6O5. The van der Waals surface area contributed by atoms with Gasteiger partial charge < -0.3 is 9.30 Å². The second-order valence-electron chi connectivity index (χ2n) is 8.95. The number of carbonyl (C=O) groups excluding carboxylic acids is 1. The first-order chi connectivity index (χ1) is 17.8. The number of hydrogen-bond donors (Lipinski definition) is 0. The maximum Gasteiger partial charge on any atom is 0.279 e. The van der Waals surface area contributed by atoms with Crippen LogP contribution in [0, 0.1) is 35.3 Å². The van der Waals surface area contributed by atoms with Gasteiger partial charge >= 0.3 is 0 Å². The number of amides is 1. The molecule has 5 rings (SSSR count). The zero-order valence-electron chi connectivity index (χ0n) is 20.2. The fourth-order valence-electron chi connectivity index (χ4n) is 4.55. The van der Waals surface area contributed by atoms with Crippen LogP contribution in [0.4, 0.5) is 5.69 Å². The molecule has 1 saturated heterocycles. The van der Waals surface area contributed by atoms with Crippen molar-refractivity contribution in [3.8, 4) is 6.07 Å². The second kappa shape index (κ2) is 9.40. The number of ether oxygens (including phenoxy) is 1. The van der Waals surface area contributed by atoms with Crippen LogP contribution in [0.1, 0.15) is 39.9 Å². The molecule has 4 heterocycles. The second-order valence-corrected chi connectivity index (χ2v) is 8.95. The quantitative estimate of drug-likeness (QED) is 0.239. The van der Waals surface area contributed by atoms with E-state index in [1.165, 1.54) is 28.7 Å². The van der Waals surface area contributed by atoms with Gasteiger partial charge in [-0.1, -0.05) is 12.1 Å². The van der Waals surface area contributed by atoms with Crippen molar-refractivity contribution in [2.75, 3.05) is 6.61 Å². The van der Waals surface area contributed by atoms with Crippen molar-refractivity contribution in [2.45, 2.75) is 39.3 Å². The molecular weight excluding hydrogens is 476 g/mol. The molecule has 37 heavy (non-hydrogen) atoms. The number of nitro benzene ring substituents is 1. The Balaban J connectivity index is 1.82. The molecule has 0 aliphatic carbocycles. The van der Waals surface area contributed by atoms with Gasteiger partial charge in [-0.05, 0) is 50.5 Å². The number of nitrogens with zero attached hydrogens (tertiary/aromatic N) is 6. The number of aromatic nitrogens is 3. The fraction of sp³-hybridized carbons (Fsp3) is 0.269. The van der Waals surface area contributed by atoms with Gasteiger partial charge in [-0.15, -0.1) is 0 Å². The summed E-state index contributed by atoms with van der Waals surface area (Å²) >= 11 is 0. The summed E-state index contributed by atoms with van der Waals surface area (Å²) in [6.45, 7) is 4.21. The van der Waals surface area contributed by atoms with E-state index in [1.54, 1.807) is 23.8 Å². The molecule has 0 spiro atoms. The molecule has 0 saturated carbocycles. The number of nitro groups is 1. The molecule has 11 heteroatoms. The van der Waals surface area contributed by atoms with Crippen LogP contribution < -0.4 is 11.0 Å². The molecule has 0 bridgehead atoms. The number of rotatable bonds is 4. The van der Waals surface area contributed by atoms with Crippen LogP contribution in [0.25, 0.3) is 16.7 Å². The van der Waals surface area contributed by atoms with Crippen LogP contribution in [0.15, 0.2) is 52.4 Å². The van der Waals surface area contributed by atoms with E-state index >= 15 is 0 Å². The van der Waals surface area contributed by atoms with Crippen molar-refractivity contribution >= 4 is 28.3 Å². The van der Waals surface area contributed by atoms with Gasteiger partial charge in [0.2, 0.25) is 0 Å². The van der Waals surface area contributed by atoms with Crippen molar-refractivity contribution in [3.63, 3.8) is 0 Å². The number of benzene rings is 1. The number of carbonyl (C=O) groups is 1. The SMILES string of the molecule is Cc1ccc(C(=O)N=c2c(C#N)cc3c(=O)n4cccc(C)c4nc3n2C[C@H]2CCCO2)cc1[N+](=O)[O-]. The number of fused-ring (bicyclic) bond motifs is 2. The molecule has 1 atom stereocenters. The molecule has 4 aromatic rings. The number of nitriles is 1. The predicted octanol–water partition coefficient (Wildman–Crippen LogP) is 2.97. The lowest BCUT2D eigenvalue weighted by atomic mass is 10.1. The molecule has 0 unspecified atom stereocenters. The van der Waals surface area contributed by atoms with Crippen LogP contribution >= 0.6 is 0 Å². The highest BCUT2D eigenvalue weighted by Gasteiger charge is 2.22. The van der Waals surface area contributed by atoms with E-state index in [2.05, 4.69) is 4.99 Å². The first-order valence-electron chi connectivity index (χ1n) is 11.7. The van der Waals surface area contributed by atoms with Gasteiger partial charge in [0, 0.05) is 30.0 Å². The van der Waals surface area contributed by atoms with Gasteiger partial charge in [0.25, 0.3) is 17.2 Å². The summed E-state index contributed by atoms with van der Waals surface area (Å²) in [5.74, 6) is -0.756. The van der Waals surface area contributed by atoms with E-state index in [-0.39, 0.29) is 51.5 Å². The summed E-state index contributed by atoms with van der Waals surface area (Å²) in [5.41, 5.74) is 1.37. The molecule has 1 aromatic carbocycles. The Morgan fingerprint density at radius 2 is 2.08 bits per heavy atom. The third-order valence-corrected chi connectivity index (χ3v) is 6.50. The minimum atomic E-state index is -0.756. The number of pyridine rings is 2. The Hall–Kier alpha value is -4.69. The predicted molar refractivity (Wildman–Crippen MR) is 133 cm³/mol. The van der Waals surface area contributed by atoms with E-state index in [0.717, 1.165) is 18.4 Å². The van der Waals surface area contributed by atoms with Gasteiger partial charge in [-0.25, -0.2) is 4.98 Å². The first-order valence-corrected chi connectivity index (χ1v) is 11.7. The molecule has 1 aliphatic heterocycles. The molecule has 1 aliphatic rings. The summed E-state index contributed by atoms with van der Waals surface area (Å²) in [5, 5.41) is 21.5. The zero-order valence-corrected chi connectivity index (χ0v) is 20.2. The van der Waals surface area contributed by atoms with Crippen molar-refractivity contribution in [1.82, 2.24) is 14.0 Å². The number of hydrogen-bond acceptors (Lipinski definition) is 7. The van der Waals surface area contributed by atoms with Crippen LogP contribution in [0.2, 0.25) is 0 Å². The summed E-state index contributed by atoms with van der Waals surface area (Å²) in [7, 11) is 0. The smallest absolute Gasteiger partial charge is 0.279 e. The van der Waals surface area contributed by atoms with E-state index in [4.69, 9.17) is 9.72 Å². The summed E-state index contributed by atoms with van der Waals surface area (Å²) < 4.78 is 8.81. The Kier molecular flexibility index (Phi) is 6.11. The summed E-state index contributed by atoms with van der Waals surface area (Å²) in [6.07, 6.45) is 3.01. The van der Waals surface area contributed by atoms with Crippen molar-refractivity contribution in [2.24, 2.45) is 4.99 Å². The maximum atomic E-state index is 13.4. The first kappa shape index (κ1) is 24.0. The van der Waals surface area contributed by atoms with Crippen LogP contribution in [-0.4, -0.2) is 37.5 Å². The lowest BCUT2D eigenvalue weighted by Gasteiger charge is -2.17. The lowest BCUT2D eigenvalue weighted by Crippen LogP contribution is -2.33. The van der Waals surface area contributed by atoms with Crippen LogP contribution in [-0.2, 0) is 11.3 Å². The highest BCUT2D eigenvalue weighted by Crippen LogP contribution is 2.21. The summed E-state index contributed by atoms with van der Waals surface area (Å²) in [6, 6.07) is 11.1. The van der Waals surface area contributed by atoms with Crippen molar-refractivity contribution in [1.29, 1.82) is 5.26 Å². The Bertz CT molecular complexity index is 1770. The lowest BCUT2D eigenvalue weighted by molar-refractivity contribution is -0.385. The molecule has 11 nitrogen and oxygen atoms in total. The van der Waals surface area contributed by atoms with Crippen molar-refractivity contribution in [3.05, 3.63) is 90.8 Å². The van der Waals surface area contributed by atoms with E-state index < -0.39 is 10.8 Å². The average molecular weight is 498 g/mol. The molecule has 1 fully saturated rings. The van der Waals surface area contributed by atoms with Gasteiger partial charge in [0.05, 0.1) is 28.5 Å². The fourth-order valence-corrected chi connectivity index (χ4v) is 4.55. The highest BCUT2D eigenvalue weighted by molar-refractivity contribution is 5.96. The van der Waals surface area contributed by atoms with Gasteiger partial charge in [0.15, 0.2) is 5.49 Å². The van der Waals surface area contributed by atoms with Gasteiger partial charge in [0.1, 0.15) is 17.4 Å². The third-order valence-electron chi connectivity index (χ3n) is 6.50. The molecule has 1 amide bonds. The highest BCUT2D eigenvalue weighted by atomic mass is 16.6. The van der Waals surface area contributed by atoms with E-state index in [9.17, 15) is 25.0 Å². The standard InChI is InChI=1S/C26H22N6O5/c1-15-7-8-17(12-21(15)32(35)36)25(33)29-23-18(13-27)11-20-24(31(23)14-19-6-4-10-37-19)28-22-16(2)5-3-9-30(22)26(20)34/h3,5,7-9,11-12,19H,4,6,10,14H2,1-2H3/t19-/m1/s1. The average Bonchev–Trinajstić information content (AvgIpc) is 3.39. The van der Waals surface area contributed by atoms with Gasteiger partial charge in [-0.2, -0.15) is 10.3 Å². The minimum Gasteiger partial charge on any atom is -0.376 e. The third kappa shape index (κ3) is 4.28. The molecule has 0 radical (unpaired) electrons. The number of aryl methyl sites for hydroxylation is 2. The zero-order chi connectivity index (χ0) is 26.3. The molecule has 186 valence electrons. The largest absolute Gasteiger partial charge is 0.376 e. The van der Waals surface area contributed by atoms with E-state index in [1.807, 2.05) is 19.1 Å². The molecule has 3 aromatic heterocycles.